The molecule has 0 aromatic carbocycles. The molecular weight excluding hydrogens is 184 g/mol. The summed E-state index contributed by atoms with van der Waals surface area (Å²) in [5, 5.41) is 3.44. The van der Waals surface area contributed by atoms with E-state index < -0.39 is 0 Å². The number of nitrogens with one attached hydrogen (secondary N) is 1. The number of nitrogens with zero attached hydrogens (tertiary/aromatic N) is 1. The molecule has 0 aromatic rings. The Morgan fingerprint density at radius 1 is 1.27 bits per heavy atom. The number of piperidine rings is 1. The van der Waals surface area contributed by atoms with Gasteiger partial charge in [0, 0.05) is 12.6 Å². The maximum atomic E-state index is 3.44. The Balaban J connectivity index is 2.34. The van der Waals surface area contributed by atoms with E-state index in [9.17, 15) is 0 Å². The minimum absolute atomic E-state index is 0.764. The molecule has 1 heterocycles. The van der Waals surface area contributed by atoms with Gasteiger partial charge in [-0.25, -0.2) is 0 Å². The third kappa shape index (κ3) is 4.12. The fraction of sp³-hybridized carbons (Fsp3) is 1.00. The molecule has 0 amide bonds. The summed E-state index contributed by atoms with van der Waals surface area (Å²) in [5.41, 5.74) is 0. The van der Waals surface area contributed by atoms with Crippen LogP contribution in [0, 0.1) is 11.8 Å². The van der Waals surface area contributed by atoms with Crippen molar-refractivity contribution in [2.75, 3.05) is 26.7 Å². The highest BCUT2D eigenvalue weighted by atomic mass is 15.1. The molecule has 1 atom stereocenters. The van der Waals surface area contributed by atoms with Gasteiger partial charge in [0.15, 0.2) is 0 Å². The van der Waals surface area contributed by atoms with Gasteiger partial charge in [-0.2, -0.15) is 0 Å². The molecule has 0 radical (unpaired) electrons. The van der Waals surface area contributed by atoms with E-state index in [0.717, 1.165) is 17.9 Å². The number of rotatable bonds is 5. The van der Waals surface area contributed by atoms with Gasteiger partial charge in [-0.05, 0) is 51.2 Å². The van der Waals surface area contributed by atoms with Crippen LogP contribution in [0.5, 0.6) is 0 Å². The van der Waals surface area contributed by atoms with Gasteiger partial charge in [-0.3, -0.25) is 0 Å². The van der Waals surface area contributed by atoms with E-state index in [1.165, 1.54) is 38.9 Å². The fourth-order valence-electron chi connectivity index (χ4n) is 2.90. The van der Waals surface area contributed by atoms with Gasteiger partial charge in [0.05, 0.1) is 0 Å². The summed E-state index contributed by atoms with van der Waals surface area (Å²) >= 11 is 0. The van der Waals surface area contributed by atoms with Crippen LogP contribution >= 0.6 is 0 Å². The third-order valence-electron chi connectivity index (χ3n) is 3.76. The molecule has 1 N–H and O–H groups in total. The summed E-state index contributed by atoms with van der Waals surface area (Å²) in [6, 6.07) is 0.764. The van der Waals surface area contributed by atoms with Crippen LogP contribution in [0.2, 0.25) is 0 Å². The minimum Gasteiger partial charge on any atom is -0.317 e. The quantitative estimate of drug-likeness (QED) is 0.752. The number of hydrogen-bond acceptors (Lipinski definition) is 2. The van der Waals surface area contributed by atoms with E-state index in [2.05, 4.69) is 38.0 Å². The molecule has 1 aliphatic rings. The Morgan fingerprint density at radius 3 is 2.33 bits per heavy atom. The summed E-state index contributed by atoms with van der Waals surface area (Å²) in [7, 11) is 2.30. The second-order valence-corrected chi connectivity index (χ2v) is 5.35. The van der Waals surface area contributed by atoms with Crippen molar-refractivity contribution in [2.45, 2.75) is 46.1 Å². The van der Waals surface area contributed by atoms with E-state index >= 15 is 0 Å². The standard InChI is InChI=1S/C13H28N2/c1-5-13(11(2)3)15(4)10-12-6-8-14-9-7-12/h11-14H,5-10H2,1-4H3. The first-order valence-corrected chi connectivity index (χ1v) is 6.56. The highest BCUT2D eigenvalue weighted by molar-refractivity contribution is 4.76. The van der Waals surface area contributed by atoms with E-state index in [1.807, 2.05) is 0 Å². The molecule has 1 saturated heterocycles. The van der Waals surface area contributed by atoms with Crippen LogP contribution in [-0.2, 0) is 0 Å². The van der Waals surface area contributed by atoms with Gasteiger partial charge in [-0.1, -0.05) is 20.8 Å². The Morgan fingerprint density at radius 2 is 1.87 bits per heavy atom. The highest BCUT2D eigenvalue weighted by Crippen LogP contribution is 2.18. The van der Waals surface area contributed by atoms with Crippen molar-refractivity contribution >= 4 is 0 Å². The summed E-state index contributed by atoms with van der Waals surface area (Å²) in [5.74, 6) is 1.70. The molecule has 1 aliphatic heterocycles. The van der Waals surface area contributed by atoms with Crippen LogP contribution in [-0.4, -0.2) is 37.6 Å². The maximum absolute atomic E-state index is 3.44. The van der Waals surface area contributed by atoms with Crippen LogP contribution in [0.1, 0.15) is 40.0 Å². The van der Waals surface area contributed by atoms with Crippen molar-refractivity contribution < 1.29 is 0 Å². The zero-order valence-corrected chi connectivity index (χ0v) is 10.9. The Bertz CT molecular complexity index is 162. The Kier molecular flexibility index (Phi) is 5.62. The Hall–Kier alpha value is -0.0800. The van der Waals surface area contributed by atoms with Crippen molar-refractivity contribution in [3.8, 4) is 0 Å². The van der Waals surface area contributed by atoms with Crippen LogP contribution in [0.4, 0.5) is 0 Å². The summed E-state index contributed by atoms with van der Waals surface area (Å²) in [6.45, 7) is 10.7. The molecule has 15 heavy (non-hydrogen) atoms. The molecule has 90 valence electrons. The molecular formula is C13H28N2. The average molecular weight is 212 g/mol. The first-order valence-electron chi connectivity index (χ1n) is 6.56. The van der Waals surface area contributed by atoms with Gasteiger partial charge in [0.25, 0.3) is 0 Å². The van der Waals surface area contributed by atoms with Gasteiger partial charge < -0.3 is 10.2 Å². The number of hydrogen-bond donors (Lipinski definition) is 1. The van der Waals surface area contributed by atoms with Gasteiger partial charge >= 0.3 is 0 Å². The van der Waals surface area contributed by atoms with Gasteiger partial charge in [-0.15, -0.1) is 0 Å². The lowest BCUT2D eigenvalue weighted by molar-refractivity contribution is 0.148. The molecule has 1 rings (SSSR count). The molecule has 0 saturated carbocycles. The van der Waals surface area contributed by atoms with Gasteiger partial charge in [0.1, 0.15) is 0 Å². The second kappa shape index (κ2) is 6.49. The van der Waals surface area contributed by atoms with Crippen molar-refractivity contribution in [1.82, 2.24) is 10.2 Å². The van der Waals surface area contributed by atoms with Crippen molar-refractivity contribution in [3.63, 3.8) is 0 Å². The van der Waals surface area contributed by atoms with Crippen molar-refractivity contribution in [2.24, 2.45) is 11.8 Å². The van der Waals surface area contributed by atoms with E-state index in [4.69, 9.17) is 0 Å². The predicted octanol–water partition coefficient (Wildman–Crippen LogP) is 2.35. The van der Waals surface area contributed by atoms with E-state index in [1.54, 1.807) is 0 Å². The largest absolute Gasteiger partial charge is 0.317 e. The third-order valence-corrected chi connectivity index (χ3v) is 3.76. The Labute approximate surface area is 95.4 Å². The summed E-state index contributed by atoms with van der Waals surface area (Å²) in [4.78, 5) is 2.58. The van der Waals surface area contributed by atoms with E-state index in [-0.39, 0.29) is 0 Å². The topological polar surface area (TPSA) is 15.3 Å². The summed E-state index contributed by atoms with van der Waals surface area (Å²) in [6.07, 6.45) is 4.00. The highest BCUT2D eigenvalue weighted by Gasteiger charge is 2.21. The lowest BCUT2D eigenvalue weighted by Crippen LogP contribution is -2.41. The average Bonchev–Trinajstić information content (AvgIpc) is 2.19. The first kappa shape index (κ1) is 13.0. The smallest absolute Gasteiger partial charge is 0.0113 e. The maximum Gasteiger partial charge on any atom is 0.0113 e. The van der Waals surface area contributed by atoms with Crippen molar-refractivity contribution in [1.29, 1.82) is 0 Å². The lowest BCUT2D eigenvalue weighted by atomic mass is 9.94. The SMILES string of the molecule is CCC(C(C)C)N(C)CC1CCNCC1. The zero-order valence-electron chi connectivity index (χ0n) is 10.9. The minimum atomic E-state index is 0.764. The first-order chi connectivity index (χ1) is 7.15. The molecule has 1 unspecified atom stereocenters. The van der Waals surface area contributed by atoms with Crippen LogP contribution in [0.15, 0.2) is 0 Å². The molecule has 0 spiro atoms. The lowest BCUT2D eigenvalue weighted by Gasteiger charge is -2.34. The van der Waals surface area contributed by atoms with Crippen molar-refractivity contribution in [3.05, 3.63) is 0 Å². The predicted molar refractivity (Wildman–Crippen MR) is 67.1 cm³/mol. The zero-order chi connectivity index (χ0) is 11.3. The monoisotopic (exact) mass is 212 g/mol. The summed E-state index contributed by atoms with van der Waals surface area (Å²) < 4.78 is 0. The van der Waals surface area contributed by atoms with Gasteiger partial charge in [0.2, 0.25) is 0 Å². The second-order valence-electron chi connectivity index (χ2n) is 5.35. The molecule has 0 bridgehead atoms. The fourth-order valence-corrected chi connectivity index (χ4v) is 2.90. The van der Waals surface area contributed by atoms with Crippen LogP contribution in [0.25, 0.3) is 0 Å². The molecule has 2 nitrogen and oxygen atoms in total. The molecule has 2 heteroatoms. The molecule has 0 aromatic heterocycles. The van der Waals surface area contributed by atoms with Crippen LogP contribution < -0.4 is 5.32 Å². The molecule has 1 fully saturated rings. The normalized spacial score (nSPS) is 21.2. The van der Waals surface area contributed by atoms with E-state index in [0.29, 0.717) is 0 Å². The molecule has 0 aliphatic carbocycles. The van der Waals surface area contributed by atoms with Crippen LogP contribution in [0.3, 0.4) is 0 Å².